The second-order valence-electron chi connectivity index (χ2n) is 7.24. The van der Waals surface area contributed by atoms with Crippen molar-refractivity contribution in [3.63, 3.8) is 0 Å². The molecule has 1 aromatic carbocycles. The van der Waals surface area contributed by atoms with Gasteiger partial charge < -0.3 is 10.6 Å². The number of anilines is 1. The molecule has 0 bridgehead atoms. The highest BCUT2D eigenvalue weighted by molar-refractivity contribution is 6.35. The van der Waals surface area contributed by atoms with E-state index in [1.54, 1.807) is 23.1 Å². The summed E-state index contributed by atoms with van der Waals surface area (Å²) in [7, 11) is 0. The Balaban J connectivity index is 1.51. The topological polar surface area (TPSA) is 90.5 Å². The van der Waals surface area contributed by atoms with Gasteiger partial charge in [0.15, 0.2) is 0 Å². The maximum Gasteiger partial charge on any atom is 0.321 e. The van der Waals surface area contributed by atoms with Crippen LogP contribution in [0.3, 0.4) is 0 Å². The molecule has 152 valence electrons. The molecule has 3 rings (SSSR count). The van der Waals surface area contributed by atoms with Crippen molar-refractivity contribution in [2.45, 2.75) is 50.6 Å². The molecule has 0 spiro atoms. The lowest BCUT2D eigenvalue weighted by Gasteiger charge is -2.23. The molecule has 1 saturated carbocycles. The van der Waals surface area contributed by atoms with Crippen molar-refractivity contribution in [3.8, 4) is 0 Å². The molecule has 2 fully saturated rings. The molecule has 1 aliphatic carbocycles. The summed E-state index contributed by atoms with van der Waals surface area (Å²) < 4.78 is 0. The number of carbonyl (C=O) groups is 3. The molecule has 0 unspecified atom stereocenters. The lowest BCUT2D eigenvalue weighted by Crippen LogP contribution is -2.49. The molecule has 9 heteroatoms. The van der Waals surface area contributed by atoms with Crippen LogP contribution in [0.4, 0.5) is 10.5 Å². The van der Waals surface area contributed by atoms with Gasteiger partial charge in [-0.2, -0.15) is 0 Å². The number of hydrogen-bond donors (Lipinski definition) is 3. The fourth-order valence-electron chi connectivity index (χ4n) is 3.76. The number of likely N-dealkylation sites (tertiary alicyclic amines) is 1. The van der Waals surface area contributed by atoms with Crippen LogP contribution in [0.15, 0.2) is 18.2 Å². The Morgan fingerprint density at radius 2 is 1.82 bits per heavy atom. The maximum absolute atomic E-state index is 12.7. The van der Waals surface area contributed by atoms with Crippen LogP contribution in [-0.4, -0.2) is 47.9 Å². The summed E-state index contributed by atoms with van der Waals surface area (Å²) in [5.74, 6) is -0.666. The Morgan fingerprint density at radius 1 is 1.07 bits per heavy atom. The van der Waals surface area contributed by atoms with Gasteiger partial charge in [0.25, 0.3) is 0 Å². The standard InChI is InChI=1S/C19H24Cl2N4O3/c20-12-7-8-14(21)15(10-12)23-18(27)16-6-3-9-25(16)11-17(26)24-19(28)22-13-4-1-2-5-13/h7-8,10,13,16H,1-6,9,11H2,(H,23,27)(H2,22,24,26,28)/t16-/m0/s1. The van der Waals surface area contributed by atoms with Crippen LogP contribution in [0.25, 0.3) is 0 Å². The minimum Gasteiger partial charge on any atom is -0.335 e. The highest BCUT2D eigenvalue weighted by Gasteiger charge is 2.32. The molecule has 1 aliphatic heterocycles. The lowest BCUT2D eigenvalue weighted by molar-refractivity contribution is -0.124. The van der Waals surface area contributed by atoms with Gasteiger partial charge in [0.05, 0.1) is 23.3 Å². The summed E-state index contributed by atoms with van der Waals surface area (Å²) in [6.07, 6.45) is 5.51. The van der Waals surface area contributed by atoms with Crippen LogP contribution in [0, 0.1) is 0 Å². The van der Waals surface area contributed by atoms with Gasteiger partial charge in [-0.3, -0.25) is 19.8 Å². The van der Waals surface area contributed by atoms with E-state index < -0.39 is 18.0 Å². The molecule has 1 saturated heterocycles. The van der Waals surface area contributed by atoms with E-state index in [2.05, 4.69) is 16.0 Å². The van der Waals surface area contributed by atoms with Gasteiger partial charge in [-0.1, -0.05) is 36.0 Å². The number of nitrogens with one attached hydrogen (secondary N) is 3. The minimum atomic E-state index is -0.470. The van der Waals surface area contributed by atoms with Gasteiger partial charge in [0, 0.05) is 11.1 Å². The van der Waals surface area contributed by atoms with Crippen LogP contribution in [0.2, 0.25) is 10.0 Å². The SMILES string of the molecule is O=C(CN1CCC[C@H]1C(=O)Nc1cc(Cl)ccc1Cl)NC(=O)NC1CCCC1. The number of carbonyl (C=O) groups excluding carboxylic acids is 3. The number of imide groups is 1. The number of hydrogen-bond acceptors (Lipinski definition) is 4. The van der Waals surface area contributed by atoms with E-state index in [-0.39, 0.29) is 18.5 Å². The number of nitrogens with zero attached hydrogens (tertiary/aromatic N) is 1. The largest absolute Gasteiger partial charge is 0.335 e. The second-order valence-corrected chi connectivity index (χ2v) is 8.09. The number of urea groups is 1. The summed E-state index contributed by atoms with van der Waals surface area (Å²) in [5, 5.41) is 8.81. The smallest absolute Gasteiger partial charge is 0.321 e. The van der Waals surface area contributed by atoms with E-state index in [1.807, 2.05) is 0 Å². The first-order valence-corrected chi connectivity index (χ1v) is 10.3. The third-order valence-corrected chi connectivity index (χ3v) is 5.71. The fraction of sp³-hybridized carbons (Fsp3) is 0.526. The molecule has 1 aromatic rings. The molecule has 1 atom stereocenters. The van der Waals surface area contributed by atoms with Crippen molar-refractivity contribution in [3.05, 3.63) is 28.2 Å². The van der Waals surface area contributed by atoms with Crippen molar-refractivity contribution in [1.29, 1.82) is 0 Å². The molecule has 0 radical (unpaired) electrons. The average Bonchev–Trinajstić information content (AvgIpc) is 3.29. The zero-order valence-corrected chi connectivity index (χ0v) is 17.0. The van der Waals surface area contributed by atoms with E-state index in [9.17, 15) is 14.4 Å². The summed E-state index contributed by atoms with van der Waals surface area (Å²) in [5.41, 5.74) is 0.436. The highest BCUT2D eigenvalue weighted by Crippen LogP contribution is 2.27. The van der Waals surface area contributed by atoms with Crippen LogP contribution < -0.4 is 16.0 Å². The quantitative estimate of drug-likeness (QED) is 0.674. The molecule has 28 heavy (non-hydrogen) atoms. The second kappa shape index (κ2) is 9.58. The number of amides is 4. The Bertz CT molecular complexity index is 753. The minimum absolute atomic E-state index is 0.0144. The molecule has 0 aromatic heterocycles. The van der Waals surface area contributed by atoms with E-state index in [0.717, 1.165) is 32.1 Å². The molecule has 7 nitrogen and oxygen atoms in total. The highest BCUT2D eigenvalue weighted by atomic mass is 35.5. The molecular formula is C19H24Cl2N4O3. The number of rotatable bonds is 5. The Hall–Kier alpha value is -1.83. The third-order valence-electron chi connectivity index (χ3n) is 5.14. The van der Waals surface area contributed by atoms with E-state index in [0.29, 0.717) is 28.7 Å². The molecular weight excluding hydrogens is 403 g/mol. The number of benzene rings is 1. The van der Waals surface area contributed by atoms with Crippen molar-refractivity contribution >= 4 is 46.7 Å². The van der Waals surface area contributed by atoms with Crippen molar-refractivity contribution < 1.29 is 14.4 Å². The van der Waals surface area contributed by atoms with Gasteiger partial charge in [-0.25, -0.2) is 4.79 Å². The average molecular weight is 427 g/mol. The summed E-state index contributed by atoms with van der Waals surface area (Å²) in [6, 6.07) is 4.05. The normalized spacial score (nSPS) is 20.1. The third kappa shape index (κ3) is 5.59. The first kappa shape index (κ1) is 20.9. The van der Waals surface area contributed by atoms with Gasteiger partial charge in [0.1, 0.15) is 0 Å². The molecule has 2 aliphatic rings. The number of halogens is 2. The van der Waals surface area contributed by atoms with Crippen LogP contribution in [-0.2, 0) is 9.59 Å². The van der Waals surface area contributed by atoms with Crippen LogP contribution in [0.1, 0.15) is 38.5 Å². The predicted molar refractivity (Wildman–Crippen MR) is 109 cm³/mol. The maximum atomic E-state index is 12.7. The van der Waals surface area contributed by atoms with Crippen molar-refractivity contribution in [1.82, 2.24) is 15.5 Å². The lowest BCUT2D eigenvalue weighted by atomic mass is 10.2. The van der Waals surface area contributed by atoms with Gasteiger partial charge >= 0.3 is 6.03 Å². The van der Waals surface area contributed by atoms with Gasteiger partial charge in [-0.05, 0) is 50.4 Å². The van der Waals surface area contributed by atoms with Gasteiger partial charge in [-0.15, -0.1) is 0 Å². The van der Waals surface area contributed by atoms with E-state index in [4.69, 9.17) is 23.2 Å². The van der Waals surface area contributed by atoms with E-state index in [1.165, 1.54) is 0 Å². The summed E-state index contributed by atoms with van der Waals surface area (Å²) >= 11 is 12.1. The Kier molecular flexibility index (Phi) is 7.15. The van der Waals surface area contributed by atoms with Crippen molar-refractivity contribution in [2.75, 3.05) is 18.4 Å². The van der Waals surface area contributed by atoms with Crippen LogP contribution >= 0.6 is 23.2 Å². The van der Waals surface area contributed by atoms with E-state index >= 15 is 0 Å². The molecule has 4 amide bonds. The molecule has 1 heterocycles. The zero-order valence-electron chi connectivity index (χ0n) is 15.5. The molecule has 3 N–H and O–H groups in total. The summed E-state index contributed by atoms with van der Waals surface area (Å²) in [4.78, 5) is 38.6. The first-order valence-electron chi connectivity index (χ1n) is 9.52. The predicted octanol–water partition coefficient (Wildman–Crippen LogP) is 3.16. The van der Waals surface area contributed by atoms with Crippen LogP contribution in [0.5, 0.6) is 0 Å². The zero-order chi connectivity index (χ0) is 20.1. The first-order chi connectivity index (χ1) is 13.4. The van der Waals surface area contributed by atoms with Crippen molar-refractivity contribution in [2.24, 2.45) is 0 Å². The fourth-order valence-corrected chi connectivity index (χ4v) is 4.10. The Morgan fingerprint density at radius 3 is 2.57 bits per heavy atom. The van der Waals surface area contributed by atoms with Gasteiger partial charge in [0.2, 0.25) is 11.8 Å². The summed E-state index contributed by atoms with van der Waals surface area (Å²) in [6.45, 7) is 0.596. The Labute approximate surface area is 174 Å². The monoisotopic (exact) mass is 426 g/mol.